The first kappa shape index (κ1) is 19.8. The molecule has 2 N–H and O–H groups in total. The van der Waals surface area contributed by atoms with Gasteiger partial charge in [-0.25, -0.2) is 0 Å². The van der Waals surface area contributed by atoms with E-state index in [0.717, 1.165) is 22.6 Å². The monoisotopic (exact) mass is 391 g/mol. The van der Waals surface area contributed by atoms with Gasteiger partial charge in [0.1, 0.15) is 12.4 Å². The average molecular weight is 392 g/mol. The number of hydrogen-bond donors (Lipinski definition) is 2. The Morgan fingerprint density at radius 2 is 1.86 bits per heavy atom. The Labute approximate surface area is 172 Å². The number of nitrogens with zero attached hydrogens (tertiary/aromatic N) is 1. The normalized spacial score (nSPS) is 11.5. The predicted octanol–water partition coefficient (Wildman–Crippen LogP) is 5.33. The van der Waals surface area contributed by atoms with Gasteiger partial charge in [0.2, 0.25) is 0 Å². The Balaban J connectivity index is 1.52. The van der Waals surface area contributed by atoms with Gasteiger partial charge in [0.05, 0.1) is 6.04 Å². The van der Waals surface area contributed by atoms with Crippen LogP contribution in [0.2, 0.25) is 0 Å². The Bertz CT molecular complexity index is 926. The Hall–Kier alpha value is -2.92. The van der Waals surface area contributed by atoms with Crippen molar-refractivity contribution < 1.29 is 4.74 Å². The van der Waals surface area contributed by atoms with Gasteiger partial charge in [0.25, 0.3) is 0 Å². The number of thiocarbonyl (C=S) groups is 1. The first-order valence-corrected chi connectivity index (χ1v) is 9.68. The number of aromatic nitrogens is 1. The van der Waals surface area contributed by atoms with E-state index < -0.39 is 0 Å². The second-order valence-electron chi connectivity index (χ2n) is 6.84. The molecule has 0 spiro atoms. The van der Waals surface area contributed by atoms with Crippen molar-refractivity contribution in [3.8, 4) is 5.75 Å². The van der Waals surface area contributed by atoms with Gasteiger partial charge in [-0.2, -0.15) is 0 Å². The van der Waals surface area contributed by atoms with E-state index in [9.17, 15) is 0 Å². The lowest BCUT2D eigenvalue weighted by molar-refractivity contribution is 0.305. The van der Waals surface area contributed by atoms with Crippen LogP contribution in [0, 0.1) is 13.8 Å². The van der Waals surface area contributed by atoms with Crippen LogP contribution in [0.3, 0.4) is 0 Å². The summed E-state index contributed by atoms with van der Waals surface area (Å²) in [7, 11) is 0. The zero-order chi connectivity index (χ0) is 19.9. The molecule has 0 aliphatic carbocycles. The highest BCUT2D eigenvalue weighted by Crippen LogP contribution is 2.19. The summed E-state index contributed by atoms with van der Waals surface area (Å²) in [6, 6.07) is 18.3. The standard InChI is InChI=1S/C23H25N3OS/c1-16-6-9-21(13-17(16)2)26-23(28)25-18(3)20-7-10-22(11-8-20)27-15-19-5-4-12-24-14-19/h4-14,18H,15H2,1-3H3,(H2,25,26,28). The van der Waals surface area contributed by atoms with Crippen LogP contribution in [-0.2, 0) is 6.61 Å². The molecule has 5 heteroatoms. The van der Waals surface area contributed by atoms with E-state index in [4.69, 9.17) is 17.0 Å². The van der Waals surface area contributed by atoms with Crippen LogP contribution >= 0.6 is 12.2 Å². The summed E-state index contributed by atoms with van der Waals surface area (Å²) in [6.45, 7) is 6.78. The Morgan fingerprint density at radius 1 is 1.07 bits per heavy atom. The van der Waals surface area contributed by atoms with Crippen molar-refractivity contribution in [1.29, 1.82) is 0 Å². The zero-order valence-electron chi connectivity index (χ0n) is 16.4. The van der Waals surface area contributed by atoms with Crippen LogP contribution in [0.5, 0.6) is 5.75 Å². The lowest BCUT2D eigenvalue weighted by Crippen LogP contribution is -2.30. The fourth-order valence-corrected chi connectivity index (χ4v) is 3.06. The van der Waals surface area contributed by atoms with E-state index in [1.165, 1.54) is 11.1 Å². The molecule has 3 rings (SSSR count). The van der Waals surface area contributed by atoms with Crippen LogP contribution in [0.1, 0.15) is 35.2 Å². The summed E-state index contributed by atoms with van der Waals surface area (Å²) >= 11 is 5.46. The third-order valence-corrected chi connectivity index (χ3v) is 4.84. The van der Waals surface area contributed by atoms with Gasteiger partial charge < -0.3 is 15.4 Å². The molecule has 28 heavy (non-hydrogen) atoms. The third-order valence-electron chi connectivity index (χ3n) is 4.62. The third kappa shape index (κ3) is 5.54. The number of ether oxygens (including phenoxy) is 1. The molecule has 0 aliphatic rings. The molecule has 0 fully saturated rings. The second kappa shape index (κ2) is 9.33. The van der Waals surface area contributed by atoms with Crippen molar-refractivity contribution in [2.24, 2.45) is 0 Å². The summed E-state index contributed by atoms with van der Waals surface area (Å²) in [5.41, 5.74) is 5.68. The van der Waals surface area contributed by atoms with Crippen molar-refractivity contribution >= 4 is 23.0 Å². The lowest BCUT2D eigenvalue weighted by atomic mass is 10.1. The van der Waals surface area contributed by atoms with Crippen molar-refractivity contribution in [2.45, 2.75) is 33.4 Å². The lowest BCUT2D eigenvalue weighted by Gasteiger charge is -2.18. The molecule has 4 nitrogen and oxygen atoms in total. The molecule has 0 saturated heterocycles. The summed E-state index contributed by atoms with van der Waals surface area (Å²) < 4.78 is 5.81. The average Bonchev–Trinajstić information content (AvgIpc) is 2.70. The highest BCUT2D eigenvalue weighted by molar-refractivity contribution is 7.80. The number of rotatable bonds is 6. The first-order valence-electron chi connectivity index (χ1n) is 9.27. The van der Waals surface area contributed by atoms with Gasteiger partial charge in [-0.15, -0.1) is 0 Å². The molecule has 144 valence electrons. The van der Waals surface area contributed by atoms with Crippen LogP contribution in [-0.4, -0.2) is 10.1 Å². The van der Waals surface area contributed by atoms with Crippen molar-refractivity contribution in [3.63, 3.8) is 0 Å². The second-order valence-corrected chi connectivity index (χ2v) is 7.25. The smallest absolute Gasteiger partial charge is 0.171 e. The molecule has 0 saturated carbocycles. The molecule has 0 aliphatic heterocycles. The molecule has 0 amide bonds. The maximum Gasteiger partial charge on any atom is 0.171 e. The number of benzene rings is 2. The number of anilines is 1. The minimum absolute atomic E-state index is 0.0823. The zero-order valence-corrected chi connectivity index (χ0v) is 17.2. The fourth-order valence-electron chi connectivity index (χ4n) is 2.77. The summed E-state index contributed by atoms with van der Waals surface area (Å²) in [5.74, 6) is 0.829. The van der Waals surface area contributed by atoms with Gasteiger partial charge in [0, 0.05) is 23.6 Å². The van der Waals surface area contributed by atoms with Crippen LogP contribution in [0.4, 0.5) is 5.69 Å². The molecule has 3 aromatic rings. The van der Waals surface area contributed by atoms with E-state index in [0.29, 0.717) is 11.7 Å². The summed E-state index contributed by atoms with van der Waals surface area (Å²) in [4.78, 5) is 4.09. The first-order chi connectivity index (χ1) is 13.5. The van der Waals surface area contributed by atoms with Gasteiger partial charge in [-0.3, -0.25) is 4.98 Å². The van der Waals surface area contributed by atoms with E-state index in [-0.39, 0.29) is 6.04 Å². The SMILES string of the molecule is Cc1ccc(NC(=S)NC(C)c2ccc(OCc3cccnc3)cc2)cc1C. The van der Waals surface area contributed by atoms with Crippen LogP contribution in [0.25, 0.3) is 0 Å². The Kier molecular flexibility index (Phi) is 6.61. The topological polar surface area (TPSA) is 46.2 Å². The van der Waals surface area contributed by atoms with Crippen molar-refractivity contribution in [1.82, 2.24) is 10.3 Å². The number of hydrogen-bond acceptors (Lipinski definition) is 3. The fraction of sp³-hybridized carbons (Fsp3) is 0.217. The van der Waals surface area contributed by atoms with E-state index >= 15 is 0 Å². The minimum Gasteiger partial charge on any atom is -0.489 e. The van der Waals surface area contributed by atoms with Gasteiger partial charge in [-0.1, -0.05) is 24.3 Å². The van der Waals surface area contributed by atoms with Crippen molar-refractivity contribution in [2.75, 3.05) is 5.32 Å². The molecular weight excluding hydrogens is 366 g/mol. The molecule has 0 radical (unpaired) electrons. The largest absolute Gasteiger partial charge is 0.489 e. The molecule has 0 bridgehead atoms. The maximum absolute atomic E-state index is 5.81. The maximum atomic E-state index is 5.81. The predicted molar refractivity (Wildman–Crippen MR) is 119 cm³/mol. The summed E-state index contributed by atoms with van der Waals surface area (Å²) in [5, 5.41) is 7.18. The van der Waals surface area contributed by atoms with E-state index in [1.807, 2.05) is 36.5 Å². The number of pyridine rings is 1. The van der Waals surface area contributed by atoms with Gasteiger partial charge >= 0.3 is 0 Å². The Morgan fingerprint density at radius 3 is 2.54 bits per heavy atom. The molecule has 1 unspecified atom stereocenters. The number of nitrogens with one attached hydrogen (secondary N) is 2. The molecule has 1 atom stereocenters. The molecule has 1 heterocycles. The summed E-state index contributed by atoms with van der Waals surface area (Å²) in [6.07, 6.45) is 3.57. The van der Waals surface area contributed by atoms with Crippen molar-refractivity contribution in [3.05, 3.63) is 89.2 Å². The molecular formula is C23H25N3OS. The number of aryl methyl sites for hydroxylation is 2. The van der Waals surface area contributed by atoms with E-state index in [1.54, 1.807) is 6.20 Å². The highest BCUT2D eigenvalue weighted by Gasteiger charge is 2.08. The van der Waals surface area contributed by atoms with Gasteiger partial charge in [-0.05, 0) is 80.0 Å². The van der Waals surface area contributed by atoms with Crippen LogP contribution in [0.15, 0.2) is 67.0 Å². The van der Waals surface area contributed by atoms with Crippen LogP contribution < -0.4 is 15.4 Å². The molecule has 1 aromatic heterocycles. The van der Waals surface area contributed by atoms with Gasteiger partial charge in [0.15, 0.2) is 5.11 Å². The minimum atomic E-state index is 0.0823. The quantitative estimate of drug-likeness (QED) is 0.557. The molecule has 2 aromatic carbocycles. The highest BCUT2D eigenvalue weighted by atomic mass is 32.1. The van der Waals surface area contributed by atoms with E-state index in [2.05, 4.69) is 60.7 Å².